The third kappa shape index (κ3) is 6.26. The van der Waals surface area contributed by atoms with Crippen molar-refractivity contribution >= 4 is 17.6 Å². The number of alkyl halides is 2. The lowest BCUT2D eigenvalue weighted by Crippen LogP contribution is -2.27. The van der Waals surface area contributed by atoms with Gasteiger partial charge in [-0.15, -0.1) is 0 Å². The highest BCUT2D eigenvalue weighted by molar-refractivity contribution is 5.96. The maximum Gasteiger partial charge on any atom is 0.278 e. The van der Waals surface area contributed by atoms with E-state index in [1.165, 1.54) is 31.5 Å². The van der Waals surface area contributed by atoms with Gasteiger partial charge in [0.15, 0.2) is 6.61 Å². The van der Waals surface area contributed by atoms with Crippen molar-refractivity contribution in [3.05, 3.63) is 47.3 Å². The van der Waals surface area contributed by atoms with E-state index in [0.717, 1.165) is 6.92 Å². The molecule has 0 saturated carbocycles. The van der Waals surface area contributed by atoms with Crippen LogP contribution in [0.25, 0.3) is 0 Å². The Hall–Kier alpha value is -3.10. The monoisotopic (exact) mass is 392 g/mol. The Morgan fingerprint density at radius 2 is 2.00 bits per heavy atom. The highest BCUT2D eigenvalue weighted by Crippen LogP contribution is 2.22. The summed E-state index contributed by atoms with van der Waals surface area (Å²) in [4.78, 5) is 31.6. The van der Waals surface area contributed by atoms with Gasteiger partial charge in [0, 0.05) is 37.4 Å². The minimum Gasteiger partial charge on any atom is -0.471 e. The van der Waals surface area contributed by atoms with Crippen molar-refractivity contribution < 1.29 is 23.1 Å². The summed E-state index contributed by atoms with van der Waals surface area (Å²) in [5.41, 5.74) is 1.61. The number of carbonyl (C=O) groups excluding carboxylic acids is 2. The first-order valence-corrected chi connectivity index (χ1v) is 8.57. The first kappa shape index (κ1) is 21.2. The summed E-state index contributed by atoms with van der Waals surface area (Å²) in [6, 6.07) is 4.32. The Bertz CT molecular complexity index is 868. The van der Waals surface area contributed by atoms with Crippen molar-refractivity contribution in [3.8, 4) is 5.88 Å². The van der Waals surface area contributed by atoms with Gasteiger partial charge >= 0.3 is 0 Å². The first-order valence-electron chi connectivity index (χ1n) is 8.57. The van der Waals surface area contributed by atoms with E-state index < -0.39 is 18.6 Å². The van der Waals surface area contributed by atoms with Crippen LogP contribution in [-0.4, -0.2) is 34.3 Å². The molecule has 2 aromatic rings. The van der Waals surface area contributed by atoms with Gasteiger partial charge in [0.05, 0.1) is 6.04 Å². The minimum absolute atomic E-state index is 0.123. The molecular formula is C19H22F2N4O3. The second-order valence-corrected chi connectivity index (χ2v) is 6.56. The highest BCUT2D eigenvalue weighted by Gasteiger charge is 2.23. The summed E-state index contributed by atoms with van der Waals surface area (Å²) in [6.45, 7) is 4.82. The number of halogens is 2. The van der Waals surface area contributed by atoms with E-state index in [-0.39, 0.29) is 23.5 Å². The topological polar surface area (TPSA) is 93.2 Å². The van der Waals surface area contributed by atoms with Crippen molar-refractivity contribution in [1.29, 1.82) is 0 Å². The van der Waals surface area contributed by atoms with Crippen LogP contribution in [0.5, 0.6) is 5.88 Å². The largest absolute Gasteiger partial charge is 0.471 e. The molecule has 28 heavy (non-hydrogen) atoms. The number of ether oxygens (including phenoxy) is 1. The lowest BCUT2D eigenvalue weighted by Gasteiger charge is -2.17. The minimum atomic E-state index is -2.95. The van der Waals surface area contributed by atoms with E-state index in [0.29, 0.717) is 16.7 Å². The third-order valence-electron chi connectivity index (χ3n) is 3.69. The number of anilines is 1. The van der Waals surface area contributed by atoms with Crippen molar-refractivity contribution in [1.82, 2.24) is 15.3 Å². The zero-order chi connectivity index (χ0) is 20.9. The smallest absolute Gasteiger partial charge is 0.278 e. The van der Waals surface area contributed by atoms with E-state index in [9.17, 15) is 18.4 Å². The number of carbonyl (C=O) groups is 2. The van der Waals surface area contributed by atoms with E-state index in [4.69, 9.17) is 4.74 Å². The molecule has 0 aliphatic rings. The quantitative estimate of drug-likeness (QED) is 0.754. The molecule has 2 heterocycles. The van der Waals surface area contributed by atoms with Crippen molar-refractivity contribution in [2.45, 2.75) is 39.7 Å². The molecule has 1 atom stereocenters. The van der Waals surface area contributed by atoms with Crippen LogP contribution in [0.3, 0.4) is 0 Å². The van der Waals surface area contributed by atoms with Crippen LogP contribution in [-0.2, 0) is 4.79 Å². The van der Waals surface area contributed by atoms with Gasteiger partial charge in [0.25, 0.3) is 11.8 Å². The summed E-state index contributed by atoms with van der Waals surface area (Å²) >= 11 is 0. The maximum absolute atomic E-state index is 12.9. The van der Waals surface area contributed by atoms with Gasteiger partial charge in [-0.25, -0.2) is 18.7 Å². The number of nitrogens with zero attached hydrogens (tertiary/aromatic N) is 2. The Morgan fingerprint density at radius 1 is 1.29 bits per heavy atom. The van der Waals surface area contributed by atoms with E-state index in [1.54, 1.807) is 19.9 Å². The zero-order valence-electron chi connectivity index (χ0n) is 16.0. The number of pyridine rings is 2. The van der Waals surface area contributed by atoms with Gasteiger partial charge in [-0.05, 0) is 37.6 Å². The number of hydrogen-bond donors (Lipinski definition) is 2. The number of rotatable bonds is 7. The van der Waals surface area contributed by atoms with Crippen LogP contribution in [0.4, 0.5) is 14.6 Å². The van der Waals surface area contributed by atoms with Crippen molar-refractivity contribution in [2.24, 2.45) is 0 Å². The summed E-state index contributed by atoms with van der Waals surface area (Å²) in [5, 5.41) is 5.33. The normalized spacial score (nSPS) is 12.2. The molecule has 0 aromatic carbocycles. The fourth-order valence-corrected chi connectivity index (χ4v) is 2.35. The second-order valence-electron chi connectivity index (χ2n) is 6.56. The molecule has 1 unspecified atom stereocenters. The zero-order valence-corrected chi connectivity index (χ0v) is 16.0. The average Bonchev–Trinajstić information content (AvgIpc) is 2.59. The third-order valence-corrected chi connectivity index (χ3v) is 3.69. The molecule has 0 bridgehead atoms. The first-order chi connectivity index (χ1) is 13.0. The van der Waals surface area contributed by atoms with Crippen LogP contribution in [0.15, 0.2) is 30.6 Å². The van der Waals surface area contributed by atoms with Crippen LogP contribution in [0, 0.1) is 6.92 Å². The molecule has 2 N–H and O–H groups in total. The fraction of sp³-hybridized carbons (Fsp3) is 0.368. The predicted molar refractivity (Wildman–Crippen MR) is 99.5 cm³/mol. The highest BCUT2D eigenvalue weighted by atomic mass is 19.3. The van der Waals surface area contributed by atoms with Crippen LogP contribution < -0.4 is 15.4 Å². The van der Waals surface area contributed by atoms with Gasteiger partial charge in [0.1, 0.15) is 5.82 Å². The lowest BCUT2D eigenvalue weighted by molar-refractivity contribution is -0.114. The van der Waals surface area contributed by atoms with Gasteiger partial charge in [-0.1, -0.05) is 0 Å². The van der Waals surface area contributed by atoms with Crippen LogP contribution in [0.2, 0.25) is 0 Å². The Balaban J connectivity index is 2.06. The molecular weight excluding hydrogens is 370 g/mol. The summed E-state index contributed by atoms with van der Waals surface area (Å²) in [5.74, 6) is -3.19. The molecule has 0 aliphatic heterocycles. The van der Waals surface area contributed by atoms with E-state index in [1.807, 2.05) is 0 Å². The number of nitrogens with one attached hydrogen (secondary N) is 2. The maximum atomic E-state index is 12.9. The van der Waals surface area contributed by atoms with Gasteiger partial charge < -0.3 is 15.4 Å². The van der Waals surface area contributed by atoms with Gasteiger partial charge in [-0.2, -0.15) is 0 Å². The average molecular weight is 392 g/mol. The molecule has 9 heteroatoms. The molecule has 2 aromatic heterocycles. The summed E-state index contributed by atoms with van der Waals surface area (Å²) in [6.07, 6.45) is 2.89. The molecule has 0 spiro atoms. The molecule has 2 rings (SSSR count). The van der Waals surface area contributed by atoms with Crippen LogP contribution in [0.1, 0.15) is 48.3 Å². The van der Waals surface area contributed by atoms with Crippen molar-refractivity contribution in [2.75, 3.05) is 11.9 Å². The summed E-state index contributed by atoms with van der Waals surface area (Å²) in [7, 11) is 0. The number of amides is 2. The van der Waals surface area contributed by atoms with Crippen molar-refractivity contribution in [3.63, 3.8) is 0 Å². The molecule has 0 radical (unpaired) electrons. The number of hydrogen-bond acceptors (Lipinski definition) is 5. The molecule has 0 aliphatic carbocycles. The predicted octanol–water partition coefficient (Wildman–Crippen LogP) is 3.27. The Labute approximate surface area is 161 Å². The SMILES string of the molecule is CC(=O)Nc1cc(C(=O)NC(C)c2cnc(OCC(C)(F)F)c(C)c2)ccn1. The summed E-state index contributed by atoms with van der Waals surface area (Å²) < 4.78 is 30.9. The molecule has 7 nitrogen and oxygen atoms in total. The van der Waals surface area contributed by atoms with E-state index in [2.05, 4.69) is 20.6 Å². The second kappa shape index (κ2) is 8.73. The molecule has 2 amide bonds. The number of aryl methyl sites for hydroxylation is 1. The number of aromatic nitrogens is 2. The van der Waals surface area contributed by atoms with Crippen LogP contribution >= 0.6 is 0 Å². The van der Waals surface area contributed by atoms with E-state index >= 15 is 0 Å². The Kier molecular flexibility index (Phi) is 6.61. The molecule has 0 fully saturated rings. The fourth-order valence-electron chi connectivity index (χ4n) is 2.35. The standard InChI is InChI=1S/C19H22F2N4O3/c1-11-7-15(9-23-18(11)28-10-19(4,20)21)12(2)24-17(27)14-5-6-22-16(8-14)25-13(3)26/h5-9,12H,10H2,1-4H3,(H,24,27)(H,22,25,26). The Morgan fingerprint density at radius 3 is 2.61 bits per heavy atom. The van der Waals surface area contributed by atoms with Gasteiger partial charge in [0.2, 0.25) is 11.8 Å². The molecule has 0 saturated heterocycles. The lowest BCUT2D eigenvalue weighted by atomic mass is 10.1. The van der Waals surface area contributed by atoms with Gasteiger partial charge in [-0.3, -0.25) is 9.59 Å². The molecule has 150 valence electrons.